The van der Waals surface area contributed by atoms with Crippen molar-refractivity contribution in [3.05, 3.63) is 10.4 Å². The minimum atomic E-state index is -0.617. The molecule has 7 heteroatoms. The minimum absolute atomic E-state index is 0.126. The Hall–Kier alpha value is -1.76. The number of thiophene rings is 1. The normalized spacial score (nSPS) is 14.6. The van der Waals surface area contributed by atoms with Crippen molar-refractivity contribution in [3.8, 4) is 0 Å². The zero-order valence-corrected chi connectivity index (χ0v) is 13.2. The molecule has 0 bridgehead atoms. The van der Waals surface area contributed by atoms with Crippen LogP contribution in [0.25, 0.3) is 0 Å². The molecule has 1 fully saturated rings. The van der Waals surface area contributed by atoms with Gasteiger partial charge in [-0.15, -0.1) is 11.3 Å². The second-order valence-electron chi connectivity index (χ2n) is 5.22. The van der Waals surface area contributed by atoms with Crippen molar-refractivity contribution in [1.82, 2.24) is 0 Å². The Morgan fingerprint density at radius 2 is 2.10 bits per heavy atom. The molecular weight excluding hydrogens is 290 g/mol. The number of amides is 1. The fraction of sp³-hybridized carbons (Fsp3) is 0.571. The number of nitrogens with zero attached hydrogens (tertiary/aromatic N) is 1. The molecule has 21 heavy (non-hydrogen) atoms. The van der Waals surface area contributed by atoms with Gasteiger partial charge in [0.2, 0.25) is 0 Å². The first kappa shape index (κ1) is 15.6. The summed E-state index contributed by atoms with van der Waals surface area (Å²) in [6.45, 7) is 3.61. The van der Waals surface area contributed by atoms with E-state index in [4.69, 9.17) is 16.2 Å². The maximum atomic E-state index is 12.0. The van der Waals surface area contributed by atoms with Crippen LogP contribution >= 0.6 is 11.3 Å². The molecule has 1 saturated carbocycles. The lowest BCUT2D eigenvalue weighted by molar-refractivity contribution is 0.0603. The van der Waals surface area contributed by atoms with Crippen LogP contribution in [-0.2, 0) is 4.74 Å². The third kappa shape index (κ3) is 2.97. The predicted molar refractivity (Wildman–Crippen MR) is 83.8 cm³/mol. The van der Waals surface area contributed by atoms with E-state index >= 15 is 0 Å². The van der Waals surface area contributed by atoms with Crippen LogP contribution < -0.4 is 16.4 Å². The Labute approximate surface area is 128 Å². The number of hydrogen-bond donors (Lipinski definition) is 2. The van der Waals surface area contributed by atoms with Gasteiger partial charge in [-0.3, -0.25) is 4.79 Å². The average Bonchev–Trinajstić information content (AvgIpc) is 2.75. The van der Waals surface area contributed by atoms with Crippen molar-refractivity contribution in [2.75, 3.05) is 30.8 Å². The van der Waals surface area contributed by atoms with Crippen molar-refractivity contribution in [2.24, 2.45) is 11.7 Å². The van der Waals surface area contributed by atoms with Crippen molar-refractivity contribution in [3.63, 3.8) is 0 Å². The van der Waals surface area contributed by atoms with Gasteiger partial charge in [0.1, 0.15) is 15.4 Å². The Morgan fingerprint density at radius 3 is 2.52 bits per heavy atom. The number of rotatable bonds is 6. The van der Waals surface area contributed by atoms with E-state index in [1.807, 2.05) is 6.92 Å². The topological polar surface area (TPSA) is 98.6 Å². The fourth-order valence-corrected chi connectivity index (χ4v) is 3.61. The van der Waals surface area contributed by atoms with E-state index in [9.17, 15) is 9.59 Å². The Balaban J connectivity index is 2.40. The second kappa shape index (κ2) is 6.34. The minimum Gasteiger partial charge on any atom is -0.465 e. The first-order valence-electron chi connectivity index (χ1n) is 7.04. The molecule has 0 unspecified atom stereocenters. The number of methoxy groups -OCH3 is 1. The van der Waals surface area contributed by atoms with Gasteiger partial charge in [0.25, 0.3) is 5.91 Å². The lowest BCUT2D eigenvalue weighted by Gasteiger charge is -2.32. The molecule has 1 amide bonds. The number of carbonyl (C=O) groups excluding carboxylic acids is 2. The van der Waals surface area contributed by atoms with E-state index in [-0.39, 0.29) is 16.1 Å². The van der Waals surface area contributed by atoms with Crippen LogP contribution in [0.1, 0.15) is 46.2 Å². The number of primary amides is 1. The van der Waals surface area contributed by atoms with Gasteiger partial charge in [-0.05, 0) is 25.7 Å². The highest BCUT2D eigenvalue weighted by atomic mass is 32.1. The zero-order chi connectivity index (χ0) is 15.6. The molecule has 1 aromatic heterocycles. The van der Waals surface area contributed by atoms with E-state index in [1.54, 1.807) is 0 Å². The molecule has 1 aromatic rings. The van der Waals surface area contributed by atoms with Crippen LogP contribution in [0.3, 0.4) is 0 Å². The maximum Gasteiger partial charge on any atom is 0.343 e. The van der Waals surface area contributed by atoms with Crippen molar-refractivity contribution >= 4 is 33.9 Å². The standard InChI is InChI=1S/C14H21N3O3S/c1-3-17(7-8-5-4-6-8)13-9(14(19)20-2)10(15)11(21-13)12(16)18/h8H,3-7,15H2,1-2H3,(H2,16,18). The van der Waals surface area contributed by atoms with E-state index in [0.29, 0.717) is 10.9 Å². The zero-order valence-electron chi connectivity index (χ0n) is 12.3. The van der Waals surface area contributed by atoms with Crippen molar-refractivity contribution < 1.29 is 14.3 Å². The number of nitrogen functional groups attached to an aromatic ring is 1. The summed E-state index contributed by atoms with van der Waals surface area (Å²) in [6, 6.07) is 0. The molecule has 4 N–H and O–H groups in total. The SMILES string of the molecule is CCN(CC1CCC1)c1sc(C(N)=O)c(N)c1C(=O)OC. The molecule has 0 spiro atoms. The molecule has 0 aliphatic heterocycles. The van der Waals surface area contributed by atoms with Crippen LogP contribution in [0.2, 0.25) is 0 Å². The molecule has 0 aromatic carbocycles. The second-order valence-corrected chi connectivity index (χ2v) is 6.22. The van der Waals surface area contributed by atoms with Crippen molar-refractivity contribution in [1.29, 1.82) is 0 Å². The highest BCUT2D eigenvalue weighted by molar-refractivity contribution is 7.19. The average molecular weight is 311 g/mol. The molecule has 6 nitrogen and oxygen atoms in total. The van der Waals surface area contributed by atoms with Crippen LogP contribution in [0.15, 0.2) is 0 Å². The van der Waals surface area contributed by atoms with E-state index in [0.717, 1.165) is 13.1 Å². The van der Waals surface area contributed by atoms with Crippen LogP contribution in [0.5, 0.6) is 0 Å². The highest BCUT2D eigenvalue weighted by Crippen LogP contribution is 2.40. The Bertz CT molecular complexity index is 552. The van der Waals surface area contributed by atoms with Crippen LogP contribution in [0, 0.1) is 5.92 Å². The molecule has 1 heterocycles. The Kier molecular flexibility index (Phi) is 4.72. The van der Waals surface area contributed by atoms with Gasteiger partial charge in [-0.1, -0.05) is 6.42 Å². The van der Waals surface area contributed by atoms with Gasteiger partial charge >= 0.3 is 5.97 Å². The highest BCUT2D eigenvalue weighted by Gasteiger charge is 2.29. The van der Waals surface area contributed by atoms with Crippen LogP contribution in [0.4, 0.5) is 10.7 Å². The molecule has 1 aliphatic carbocycles. The van der Waals surface area contributed by atoms with Gasteiger partial charge in [0, 0.05) is 13.1 Å². The first-order valence-corrected chi connectivity index (χ1v) is 7.86. The summed E-state index contributed by atoms with van der Waals surface area (Å²) in [5, 5.41) is 0.683. The summed E-state index contributed by atoms with van der Waals surface area (Å²) in [4.78, 5) is 25.8. The summed E-state index contributed by atoms with van der Waals surface area (Å²) in [5.74, 6) is -0.511. The lowest BCUT2D eigenvalue weighted by Crippen LogP contribution is -2.32. The molecule has 0 atom stereocenters. The van der Waals surface area contributed by atoms with Crippen LogP contribution in [-0.4, -0.2) is 32.1 Å². The molecule has 1 aliphatic rings. The number of esters is 1. The van der Waals surface area contributed by atoms with Gasteiger partial charge in [0.15, 0.2) is 0 Å². The number of ether oxygens (including phenoxy) is 1. The molecular formula is C14H21N3O3S. The number of anilines is 2. The number of nitrogens with two attached hydrogens (primary N) is 2. The quantitative estimate of drug-likeness (QED) is 0.781. The predicted octanol–water partition coefficient (Wildman–Crippen LogP) is 1.84. The monoisotopic (exact) mass is 311 g/mol. The van der Waals surface area contributed by atoms with Gasteiger partial charge in [0.05, 0.1) is 12.8 Å². The smallest absolute Gasteiger partial charge is 0.343 e. The van der Waals surface area contributed by atoms with E-state index in [1.165, 1.54) is 37.7 Å². The van der Waals surface area contributed by atoms with E-state index < -0.39 is 11.9 Å². The maximum absolute atomic E-state index is 12.0. The Morgan fingerprint density at radius 1 is 1.43 bits per heavy atom. The van der Waals surface area contributed by atoms with Gasteiger partial charge in [-0.25, -0.2) is 4.79 Å². The van der Waals surface area contributed by atoms with Gasteiger partial charge < -0.3 is 21.1 Å². The molecule has 0 radical (unpaired) electrons. The molecule has 2 rings (SSSR count). The summed E-state index contributed by atoms with van der Waals surface area (Å²) < 4.78 is 4.80. The molecule has 116 valence electrons. The van der Waals surface area contributed by atoms with E-state index in [2.05, 4.69) is 4.90 Å². The first-order chi connectivity index (χ1) is 9.99. The number of carbonyl (C=O) groups is 2. The third-order valence-corrected chi connectivity index (χ3v) is 5.19. The summed E-state index contributed by atoms with van der Waals surface area (Å²) in [7, 11) is 1.30. The molecule has 0 saturated heterocycles. The summed E-state index contributed by atoms with van der Waals surface area (Å²) in [5.41, 5.74) is 11.7. The summed E-state index contributed by atoms with van der Waals surface area (Å²) in [6.07, 6.45) is 3.66. The fourth-order valence-electron chi connectivity index (χ4n) is 2.48. The summed E-state index contributed by atoms with van der Waals surface area (Å²) >= 11 is 1.17. The van der Waals surface area contributed by atoms with Gasteiger partial charge in [-0.2, -0.15) is 0 Å². The number of hydrogen-bond acceptors (Lipinski definition) is 6. The third-order valence-electron chi connectivity index (χ3n) is 3.91. The van der Waals surface area contributed by atoms with Crippen molar-refractivity contribution in [2.45, 2.75) is 26.2 Å². The lowest BCUT2D eigenvalue weighted by atomic mass is 9.85. The largest absolute Gasteiger partial charge is 0.465 e.